The third kappa shape index (κ3) is 2.74. The largest absolute Gasteiger partial charge is 0.508 e. The SMILES string of the molecule is CCCCc1cc(O)ccc1CO. The van der Waals surface area contributed by atoms with Crippen LogP contribution in [0.15, 0.2) is 18.2 Å². The van der Waals surface area contributed by atoms with Gasteiger partial charge in [0.1, 0.15) is 5.75 Å². The average molecular weight is 180 g/mol. The zero-order valence-corrected chi connectivity index (χ0v) is 7.95. The van der Waals surface area contributed by atoms with Gasteiger partial charge in [-0.1, -0.05) is 19.4 Å². The highest BCUT2D eigenvalue weighted by Crippen LogP contribution is 2.18. The summed E-state index contributed by atoms with van der Waals surface area (Å²) < 4.78 is 0. The van der Waals surface area contributed by atoms with E-state index in [1.54, 1.807) is 18.2 Å². The Bertz CT molecular complexity index is 269. The fourth-order valence-corrected chi connectivity index (χ4v) is 1.37. The van der Waals surface area contributed by atoms with E-state index in [9.17, 15) is 5.11 Å². The normalized spacial score (nSPS) is 10.3. The van der Waals surface area contributed by atoms with Gasteiger partial charge in [-0.15, -0.1) is 0 Å². The van der Waals surface area contributed by atoms with Gasteiger partial charge in [0.25, 0.3) is 0 Å². The second kappa shape index (κ2) is 4.87. The minimum atomic E-state index is 0.0549. The monoisotopic (exact) mass is 180 g/mol. The lowest BCUT2D eigenvalue weighted by Gasteiger charge is -2.06. The Morgan fingerprint density at radius 3 is 2.62 bits per heavy atom. The van der Waals surface area contributed by atoms with Crippen molar-refractivity contribution < 1.29 is 10.2 Å². The summed E-state index contributed by atoms with van der Waals surface area (Å²) in [5, 5.41) is 18.3. The lowest BCUT2D eigenvalue weighted by atomic mass is 10.0. The molecule has 0 atom stereocenters. The van der Waals surface area contributed by atoms with E-state index in [1.165, 1.54) is 0 Å². The second-order valence-corrected chi connectivity index (χ2v) is 3.21. The summed E-state index contributed by atoms with van der Waals surface area (Å²) in [5.74, 6) is 0.281. The van der Waals surface area contributed by atoms with Crippen molar-refractivity contribution in [2.45, 2.75) is 32.8 Å². The molecule has 0 aliphatic rings. The van der Waals surface area contributed by atoms with E-state index in [-0.39, 0.29) is 12.4 Å². The van der Waals surface area contributed by atoms with Gasteiger partial charge in [0, 0.05) is 0 Å². The first kappa shape index (κ1) is 10.1. The minimum absolute atomic E-state index is 0.0549. The van der Waals surface area contributed by atoms with Gasteiger partial charge in [0.05, 0.1) is 6.61 Å². The second-order valence-electron chi connectivity index (χ2n) is 3.21. The van der Waals surface area contributed by atoms with Crippen LogP contribution in [0.5, 0.6) is 5.75 Å². The van der Waals surface area contributed by atoms with E-state index in [4.69, 9.17) is 5.11 Å². The summed E-state index contributed by atoms with van der Waals surface area (Å²) in [6, 6.07) is 5.13. The highest BCUT2D eigenvalue weighted by Gasteiger charge is 2.01. The van der Waals surface area contributed by atoms with Crippen molar-refractivity contribution in [1.82, 2.24) is 0 Å². The third-order valence-electron chi connectivity index (χ3n) is 2.16. The van der Waals surface area contributed by atoms with Crippen LogP contribution < -0.4 is 0 Å². The zero-order chi connectivity index (χ0) is 9.68. The molecule has 0 spiro atoms. The van der Waals surface area contributed by atoms with E-state index in [0.717, 1.165) is 30.4 Å². The van der Waals surface area contributed by atoms with Crippen LogP contribution in [0, 0.1) is 0 Å². The molecule has 0 saturated carbocycles. The van der Waals surface area contributed by atoms with Gasteiger partial charge in [0.2, 0.25) is 0 Å². The van der Waals surface area contributed by atoms with E-state index in [1.807, 2.05) is 0 Å². The average Bonchev–Trinajstić information content (AvgIpc) is 2.15. The number of aliphatic hydroxyl groups excluding tert-OH is 1. The molecule has 1 aromatic carbocycles. The van der Waals surface area contributed by atoms with Crippen molar-refractivity contribution in [1.29, 1.82) is 0 Å². The summed E-state index contributed by atoms with van der Waals surface area (Å²) >= 11 is 0. The maximum Gasteiger partial charge on any atom is 0.115 e. The Hall–Kier alpha value is -1.02. The first-order valence-electron chi connectivity index (χ1n) is 4.69. The summed E-state index contributed by atoms with van der Waals surface area (Å²) in [4.78, 5) is 0. The summed E-state index contributed by atoms with van der Waals surface area (Å²) in [5.41, 5.74) is 1.98. The Morgan fingerprint density at radius 1 is 1.23 bits per heavy atom. The van der Waals surface area contributed by atoms with E-state index in [0.29, 0.717) is 0 Å². The van der Waals surface area contributed by atoms with Crippen LogP contribution in [-0.2, 0) is 13.0 Å². The molecule has 1 rings (SSSR count). The summed E-state index contributed by atoms with van der Waals surface area (Å²) in [6.07, 6.45) is 3.15. The highest BCUT2D eigenvalue weighted by molar-refractivity contribution is 5.34. The maximum absolute atomic E-state index is 9.25. The first-order valence-corrected chi connectivity index (χ1v) is 4.69. The third-order valence-corrected chi connectivity index (χ3v) is 2.16. The fraction of sp³-hybridized carbons (Fsp3) is 0.455. The van der Waals surface area contributed by atoms with Crippen LogP contribution in [0.1, 0.15) is 30.9 Å². The lowest BCUT2D eigenvalue weighted by molar-refractivity contribution is 0.280. The van der Waals surface area contributed by atoms with Crippen LogP contribution in [0.3, 0.4) is 0 Å². The quantitative estimate of drug-likeness (QED) is 0.746. The van der Waals surface area contributed by atoms with Gasteiger partial charge >= 0.3 is 0 Å². The Labute approximate surface area is 78.8 Å². The molecule has 0 saturated heterocycles. The number of rotatable bonds is 4. The molecule has 2 heteroatoms. The van der Waals surface area contributed by atoms with Gasteiger partial charge in [-0.3, -0.25) is 0 Å². The van der Waals surface area contributed by atoms with Crippen molar-refractivity contribution in [2.75, 3.05) is 0 Å². The molecule has 13 heavy (non-hydrogen) atoms. The number of aromatic hydroxyl groups is 1. The maximum atomic E-state index is 9.25. The smallest absolute Gasteiger partial charge is 0.115 e. The summed E-state index contributed by atoms with van der Waals surface area (Å²) in [6.45, 7) is 2.18. The van der Waals surface area contributed by atoms with Crippen molar-refractivity contribution in [2.24, 2.45) is 0 Å². The Kier molecular flexibility index (Phi) is 3.77. The molecule has 0 fully saturated rings. The molecule has 1 aromatic rings. The molecule has 0 amide bonds. The van der Waals surface area contributed by atoms with Crippen LogP contribution in [0.2, 0.25) is 0 Å². The molecular formula is C11H16O2. The molecule has 0 aliphatic carbocycles. The highest BCUT2D eigenvalue weighted by atomic mass is 16.3. The van der Waals surface area contributed by atoms with Gasteiger partial charge in [-0.05, 0) is 36.1 Å². The van der Waals surface area contributed by atoms with Crippen LogP contribution in [0.4, 0.5) is 0 Å². The molecule has 72 valence electrons. The molecule has 0 aliphatic heterocycles. The number of aliphatic hydroxyl groups is 1. The molecule has 0 bridgehead atoms. The molecule has 2 nitrogen and oxygen atoms in total. The van der Waals surface area contributed by atoms with Crippen LogP contribution in [-0.4, -0.2) is 10.2 Å². The predicted octanol–water partition coefficient (Wildman–Crippen LogP) is 2.23. The molecule has 0 unspecified atom stereocenters. The molecular weight excluding hydrogens is 164 g/mol. The molecule has 0 radical (unpaired) electrons. The molecule has 0 aromatic heterocycles. The van der Waals surface area contributed by atoms with Gasteiger partial charge in [-0.25, -0.2) is 0 Å². The van der Waals surface area contributed by atoms with E-state index >= 15 is 0 Å². The summed E-state index contributed by atoms with van der Waals surface area (Å²) in [7, 11) is 0. The van der Waals surface area contributed by atoms with E-state index < -0.39 is 0 Å². The minimum Gasteiger partial charge on any atom is -0.508 e. The molecule has 0 heterocycles. The number of benzene rings is 1. The van der Waals surface area contributed by atoms with Crippen molar-refractivity contribution >= 4 is 0 Å². The zero-order valence-electron chi connectivity index (χ0n) is 7.95. The van der Waals surface area contributed by atoms with Crippen molar-refractivity contribution in [3.05, 3.63) is 29.3 Å². The lowest BCUT2D eigenvalue weighted by Crippen LogP contribution is -1.93. The van der Waals surface area contributed by atoms with Crippen LogP contribution in [0.25, 0.3) is 0 Å². The number of hydrogen-bond acceptors (Lipinski definition) is 2. The first-order chi connectivity index (χ1) is 6.27. The van der Waals surface area contributed by atoms with Gasteiger partial charge in [0.15, 0.2) is 0 Å². The van der Waals surface area contributed by atoms with Crippen LogP contribution >= 0.6 is 0 Å². The van der Waals surface area contributed by atoms with Crippen molar-refractivity contribution in [3.63, 3.8) is 0 Å². The standard InChI is InChI=1S/C11H16O2/c1-2-3-4-9-7-11(13)6-5-10(9)8-12/h5-7,12-13H,2-4,8H2,1H3. The number of aryl methyl sites for hydroxylation is 1. The van der Waals surface area contributed by atoms with E-state index in [2.05, 4.69) is 6.92 Å². The Morgan fingerprint density at radius 2 is 2.00 bits per heavy atom. The predicted molar refractivity (Wildman–Crippen MR) is 52.6 cm³/mol. The topological polar surface area (TPSA) is 40.5 Å². The number of phenolic OH excluding ortho intramolecular Hbond substituents is 1. The van der Waals surface area contributed by atoms with Crippen molar-refractivity contribution in [3.8, 4) is 5.75 Å². The number of phenols is 1. The number of hydrogen-bond donors (Lipinski definition) is 2. The van der Waals surface area contributed by atoms with Gasteiger partial charge in [-0.2, -0.15) is 0 Å². The Balaban J connectivity index is 2.81. The number of unbranched alkanes of at least 4 members (excludes halogenated alkanes) is 1. The van der Waals surface area contributed by atoms with Gasteiger partial charge < -0.3 is 10.2 Å². The fourth-order valence-electron chi connectivity index (χ4n) is 1.37. The molecule has 2 N–H and O–H groups in total.